The van der Waals surface area contributed by atoms with E-state index < -0.39 is 0 Å². The van der Waals surface area contributed by atoms with Crippen LogP contribution in [0.15, 0.2) is 52.9 Å². The van der Waals surface area contributed by atoms with Crippen LogP contribution in [0.3, 0.4) is 0 Å². The monoisotopic (exact) mass is 377 g/mol. The van der Waals surface area contributed by atoms with Gasteiger partial charge in [-0.15, -0.1) is 0 Å². The normalized spacial score (nSPS) is 18.0. The van der Waals surface area contributed by atoms with Crippen molar-refractivity contribution in [2.24, 2.45) is 0 Å². The van der Waals surface area contributed by atoms with E-state index >= 15 is 0 Å². The molecule has 0 unspecified atom stereocenters. The molecule has 2 aromatic carbocycles. The highest BCUT2D eigenvalue weighted by molar-refractivity contribution is 5.72. The van der Waals surface area contributed by atoms with Gasteiger partial charge in [0, 0.05) is 24.1 Å². The minimum atomic E-state index is -0.312. The molecule has 5 rings (SSSR count). The Morgan fingerprint density at radius 3 is 2.93 bits per heavy atom. The molecule has 7 heteroatoms. The van der Waals surface area contributed by atoms with Crippen LogP contribution in [0.2, 0.25) is 0 Å². The number of nitrogens with one attached hydrogen (secondary N) is 1. The second-order valence-electron chi connectivity index (χ2n) is 7.20. The molecule has 0 radical (unpaired) electrons. The lowest BCUT2D eigenvalue weighted by Crippen LogP contribution is -2.34. The average molecular weight is 377 g/mol. The van der Waals surface area contributed by atoms with Crippen LogP contribution in [0.1, 0.15) is 30.5 Å². The van der Waals surface area contributed by atoms with Gasteiger partial charge in [-0.3, -0.25) is 10.00 Å². The Bertz CT molecular complexity index is 1090. The molecule has 6 nitrogen and oxygen atoms in total. The highest BCUT2D eigenvalue weighted by Crippen LogP contribution is 2.27. The summed E-state index contributed by atoms with van der Waals surface area (Å²) in [6.07, 6.45) is 2.14. The summed E-state index contributed by atoms with van der Waals surface area (Å²) < 4.78 is 19.1. The summed E-state index contributed by atoms with van der Waals surface area (Å²) in [5, 5.41) is 7.50. The van der Waals surface area contributed by atoms with E-state index in [-0.39, 0.29) is 5.82 Å². The maximum Gasteiger partial charge on any atom is 0.209 e. The fourth-order valence-electron chi connectivity index (χ4n) is 3.80. The average Bonchev–Trinajstić information content (AvgIpc) is 3.35. The van der Waals surface area contributed by atoms with E-state index in [0.29, 0.717) is 29.5 Å². The number of halogens is 1. The fraction of sp³-hybridized carbons (Fsp3) is 0.286. The minimum absolute atomic E-state index is 0.292. The summed E-state index contributed by atoms with van der Waals surface area (Å²) in [5.74, 6) is 2.24. The molecule has 3 heterocycles. The van der Waals surface area contributed by atoms with Gasteiger partial charge in [-0.2, -0.15) is 5.10 Å². The quantitative estimate of drug-likeness (QED) is 0.579. The first-order chi connectivity index (χ1) is 13.7. The van der Waals surface area contributed by atoms with Crippen LogP contribution in [0, 0.1) is 5.82 Å². The zero-order valence-electron chi connectivity index (χ0n) is 15.3. The Morgan fingerprint density at radius 1 is 1.14 bits per heavy atom. The number of fused-ring (bicyclic) bond motifs is 1. The first-order valence-electron chi connectivity index (χ1n) is 9.49. The van der Waals surface area contributed by atoms with Crippen LogP contribution in [0.5, 0.6) is 0 Å². The number of aromatic nitrogens is 4. The number of likely N-dealkylation sites (tertiary alicyclic amines) is 1. The van der Waals surface area contributed by atoms with E-state index in [2.05, 4.69) is 20.1 Å². The van der Waals surface area contributed by atoms with Gasteiger partial charge in [0.1, 0.15) is 17.2 Å². The molecule has 4 aromatic rings. The molecule has 28 heavy (non-hydrogen) atoms. The molecule has 0 saturated carbocycles. The first kappa shape index (κ1) is 17.1. The molecule has 1 saturated heterocycles. The lowest BCUT2D eigenvalue weighted by molar-refractivity contribution is 0.182. The van der Waals surface area contributed by atoms with E-state index in [4.69, 9.17) is 9.40 Å². The van der Waals surface area contributed by atoms with Gasteiger partial charge in [0.2, 0.25) is 5.89 Å². The minimum Gasteiger partial charge on any atom is -0.439 e. The number of aromatic amines is 1. The number of oxazole rings is 1. The standard InChI is InChI=1S/C21H20FN5O/c22-16-8-9-17-18(11-16)28-19(23-17)13-27-10-4-7-15(12-27)21-24-20(25-26-21)14-5-2-1-3-6-14/h1-3,5-6,8-9,11,15H,4,7,10,12-13H2,(H,24,25,26)/t15-/m1/s1. The summed E-state index contributed by atoms with van der Waals surface area (Å²) in [6.45, 7) is 2.44. The first-order valence-corrected chi connectivity index (χ1v) is 9.49. The van der Waals surface area contributed by atoms with Crippen LogP contribution in [0.25, 0.3) is 22.5 Å². The number of hydrogen-bond donors (Lipinski definition) is 1. The highest BCUT2D eigenvalue weighted by Gasteiger charge is 2.25. The summed E-state index contributed by atoms with van der Waals surface area (Å²) in [5.41, 5.74) is 2.19. The third-order valence-corrected chi connectivity index (χ3v) is 5.18. The number of nitrogens with zero attached hydrogens (tertiary/aromatic N) is 4. The van der Waals surface area contributed by atoms with Gasteiger partial charge in [-0.1, -0.05) is 30.3 Å². The predicted octanol–water partition coefficient (Wildman–Crippen LogP) is 4.13. The number of benzene rings is 2. The smallest absolute Gasteiger partial charge is 0.209 e. The van der Waals surface area contributed by atoms with Crippen LogP contribution < -0.4 is 0 Å². The van der Waals surface area contributed by atoms with Gasteiger partial charge in [-0.05, 0) is 31.5 Å². The summed E-state index contributed by atoms with van der Waals surface area (Å²) in [4.78, 5) is 11.5. The number of piperidine rings is 1. The largest absolute Gasteiger partial charge is 0.439 e. The molecular weight excluding hydrogens is 357 g/mol. The van der Waals surface area contributed by atoms with Crippen molar-refractivity contribution in [3.63, 3.8) is 0 Å². The third-order valence-electron chi connectivity index (χ3n) is 5.18. The summed E-state index contributed by atoms with van der Waals surface area (Å²) in [6, 6.07) is 14.4. The Labute approximate surface area is 161 Å². The fourth-order valence-corrected chi connectivity index (χ4v) is 3.80. The molecule has 1 aliphatic rings. The van der Waals surface area contributed by atoms with Crippen molar-refractivity contribution in [1.29, 1.82) is 0 Å². The van der Waals surface area contributed by atoms with Crippen molar-refractivity contribution >= 4 is 11.1 Å². The molecule has 0 aliphatic carbocycles. The maximum atomic E-state index is 13.4. The molecule has 1 fully saturated rings. The van der Waals surface area contributed by atoms with Gasteiger partial charge in [0.15, 0.2) is 11.4 Å². The maximum absolute atomic E-state index is 13.4. The van der Waals surface area contributed by atoms with Crippen LogP contribution in [0.4, 0.5) is 4.39 Å². The molecule has 0 spiro atoms. The second kappa shape index (κ2) is 7.16. The predicted molar refractivity (Wildman–Crippen MR) is 103 cm³/mol. The zero-order chi connectivity index (χ0) is 18.9. The number of rotatable bonds is 4. The molecule has 0 amide bonds. The molecule has 1 atom stereocenters. The molecule has 1 N–H and O–H groups in total. The van der Waals surface area contributed by atoms with Crippen LogP contribution in [-0.4, -0.2) is 38.2 Å². The Balaban J connectivity index is 1.30. The second-order valence-corrected chi connectivity index (χ2v) is 7.20. The van der Waals surface area contributed by atoms with Gasteiger partial charge >= 0.3 is 0 Å². The molecule has 142 valence electrons. The summed E-state index contributed by atoms with van der Waals surface area (Å²) in [7, 11) is 0. The van der Waals surface area contributed by atoms with E-state index in [0.717, 1.165) is 43.1 Å². The summed E-state index contributed by atoms with van der Waals surface area (Å²) >= 11 is 0. The van der Waals surface area contributed by atoms with Crippen molar-refractivity contribution in [2.75, 3.05) is 13.1 Å². The van der Waals surface area contributed by atoms with Gasteiger partial charge in [0.05, 0.1) is 6.54 Å². The van der Waals surface area contributed by atoms with Gasteiger partial charge in [0.25, 0.3) is 0 Å². The van der Waals surface area contributed by atoms with Crippen LogP contribution >= 0.6 is 0 Å². The SMILES string of the molecule is Fc1ccc2nc(CN3CCC[C@@H](c4nc(-c5ccccc5)n[nH]4)C3)oc2c1. The lowest BCUT2D eigenvalue weighted by Gasteiger charge is -2.30. The molecule has 1 aliphatic heterocycles. The van der Waals surface area contributed by atoms with Crippen molar-refractivity contribution in [3.05, 3.63) is 66.1 Å². The van der Waals surface area contributed by atoms with Crippen molar-refractivity contribution in [3.8, 4) is 11.4 Å². The molecular formula is C21H20FN5O. The Hall–Kier alpha value is -3.06. The zero-order valence-corrected chi connectivity index (χ0v) is 15.3. The van der Waals surface area contributed by atoms with Crippen LogP contribution in [-0.2, 0) is 6.54 Å². The highest BCUT2D eigenvalue weighted by atomic mass is 19.1. The van der Waals surface area contributed by atoms with Gasteiger partial charge in [-0.25, -0.2) is 14.4 Å². The lowest BCUT2D eigenvalue weighted by atomic mass is 9.97. The van der Waals surface area contributed by atoms with E-state index in [1.165, 1.54) is 12.1 Å². The van der Waals surface area contributed by atoms with E-state index in [1.807, 2.05) is 30.3 Å². The van der Waals surface area contributed by atoms with Crippen molar-refractivity contribution < 1.29 is 8.81 Å². The van der Waals surface area contributed by atoms with Gasteiger partial charge < -0.3 is 4.42 Å². The molecule has 2 aromatic heterocycles. The van der Waals surface area contributed by atoms with Crippen molar-refractivity contribution in [1.82, 2.24) is 25.1 Å². The Morgan fingerprint density at radius 2 is 2.04 bits per heavy atom. The Kier molecular flexibility index (Phi) is 4.37. The number of hydrogen-bond acceptors (Lipinski definition) is 5. The van der Waals surface area contributed by atoms with Crippen molar-refractivity contribution in [2.45, 2.75) is 25.3 Å². The van der Waals surface area contributed by atoms with E-state index in [1.54, 1.807) is 6.07 Å². The molecule has 0 bridgehead atoms. The van der Waals surface area contributed by atoms with E-state index in [9.17, 15) is 4.39 Å². The topological polar surface area (TPSA) is 70.8 Å². The third kappa shape index (κ3) is 3.41. The number of H-pyrrole nitrogens is 1.